The Morgan fingerprint density at radius 1 is 1.15 bits per heavy atom. The molecule has 1 aromatic carbocycles. The quantitative estimate of drug-likeness (QED) is 0.569. The topological polar surface area (TPSA) is 51.5 Å². The van der Waals surface area contributed by atoms with Gasteiger partial charge in [-0.2, -0.15) is 0 Å². The zero-order chi connectivity index (χ0) is 19.6. The third-order valence-corrected chi connectivity index (χ3v) is 4.45. The minimum absolute atomic E-state index is 0.0274. The fraction of sp³-hybridized carbons (Fsp3) is 0.429. The molecule has 5 nitrogen and oxygen atoms in total. The zero-order valence-electron chi connectivity index (χ0n) is 16.0. The van der Waals surface area contributed by atoms with Crippen molar-refractivity contribution in [2.24, 2.45) is 0 Å². The van der Waals surface area contributed by atoms with Crippen molar-refractivity contribution >= 4 is 23.5 Å². The number of hydrogen-bond donors (Lipinski definition) is 0. The van der Waals surface area contributed by atoms with Crippen LogP contribution in [0, 0.1) is 0 Å². The van der Waals surface area contributed by atoms with Crippen LogP contribution in [0.4, 0.5) is 0 Å². The van der Waals surface area contributed by atoms with E-state index >= 15 is 0 Å². The van der Waals surface area contributed by atoms with Crippen molar-refractivity contribution in [3.8, 4) is 0 Å². The molecule has 0 bridgehead atoms. The minimum Gasteiger partial charge on any atom is -0.466 e. The van der Waals surface area contributed by atoms with Gasteiger partial charge in [-0.25, -0.2) is 0 Å². The lowest BCUT2D eigenvalue weighted by atomic mass is 10.2. The van der Waals surface area contributed by atoms with E-state index in [4.69, 9.17) is 16.3 Å². The fourth-order valence-corrected chi connectivity index (χ4v) is 3.15. The number of halogens is 1. The molecule has 1 heterocycles. The Balaban J connectivity index is 2.02. The summed E-state index contributed by atoms with van der Waals surface area (Å²) in [5, 5.41) is 0.711. The van der Waals surface area contributed by atoms with E-state index < -0.39 is 0 Å². The Bertz CT molecular complexity index is 757. The number of ether oxygens (including phenoxy) is 1. The van der Waals surface area contributed by atoms with Gasteiger partial charge in [-0.05, 0) is 43.2 Å². The summed E-state index contributed by atoms with van der Waals surface area (Å²) in [7, 11) is 0. The highest BCUT2D eigenvalue weighted by Gasteiger charge is 2.17. The van der Waals surface area contributed by atoms with Gasteiger partial charge in [0.15, 0.2) is 0 Å². The third kappa shape index (κ3) is 6.75. The van der Waals surface area contributed by atoms with Crippen LogP contribution in [0.25, 0.3) is 0 Å². The standard InChI is InChI=1S/C21H27ClN2O3/c1-3-12-24(20(25)10-11-21(26)27-4-2)16-19-9-6-13-23(19)15-17-7-5-8-18(22)14-17/h5-9,13-14H,3-4,10-12,15-16H2,1-2H3. The van der Waals surface area contributed by atoms with Crippen LogP contribution in [-0.4, -0.2) is 34.5 Å². The normalized spacial score (nSPS) is 10.6. The number of carbonyl (C=O) groups is 2. The van der Waals surface area contributed by atoms with Gasteiger partial charge in [0.1, 0.15) is 0 Å². The van der Waals surface area contributed by atoms with Crippen LogP contribution in [0.5, 0.6) is 0 Å². The molecule has 0 atom stereocenters. The van der Waals surface area contributed by atoms with Crippen LogP contribution < -0.4 is 0 Å². The highest BCUT2D eigenvalue weighted by Crippen LogP contribution is 2.15. The molecule has 0 fully saturated rings. The average Bonchev–Trinajstić information content (AvgIpc) is 3.06. The Kier molecular flexibility index (Phi) is 8.40. The maximum absolute atomic E-state index is 12.6. The maximum Gasteiger partial charge on any atom is 0.306 e. The summed E-state index contributed by atoms with van der Waals surface area (Å²) in [6, 6.07) is 11.8. The molecule has 0 radical (unpaired) electrons. The molecule has 0 N–H and O–H groups in total. The molecule has 146 valence electrons. The van der Waals surface area contributed by atoms with Gasteiger partial charge in [0.25, 0.3) is 0 Å². The zero-order valence-corrected chi connectivity index (χ0v) is 16.7. The van der Waals surface area contributed by atoms with Crippen LogP contribution in [0.15, 0.2) is 42.6 Å². The lowest BCUT2D eigenvalue weighted by Gasteiger charge is -2.23. The maximum atomic E-state index is 12.6. The molecule has 27 heavy (non-hydrogen) atoms. The molecule has 0 aliphatic heterocycles. The molecule has 0 unspecified atom stereocenters. The molecular formula is C21H27ClN2O3. The Morgan fingerprint density at radius 2 is 1.96 bits per heavy atom. The lowest BCUT2D eigenvalue weighted by Crippen LogP contribution is -2.32. The van der Waals surface area contributed by atoms with Gasteiger partial charge < -0.3 is 14.2 Å². The van der Waals surface area contributed by atoms with Crippen molar-refractivity contribution in [1.82, 2.24) is 9.47 Å². The molecule has 1 aromatic heterocycles. The van der Waals surface area contributed by atoms with Gasteiger partial charge in [0.2, 0.25) is 5.91 Å². The molecule has 6 heteroatoms. The number of carbonyl (C=O) groups excluding carboxylic acids is 2. The largest absolute Gasteiger partial charge is 0.466 e. The second-order valence-electron chi connectivity index (χ2n) is 6.38. The molecule has 0 saturated heterocycles. The molecule has 0 saturated carbocycles. The van der Waals surface area contributed by atoms with Crippen LogP contribution in [0.3, 0.4) is 0 Å². The molecule has 0 aliphatic carbocycles. The van der Waals surface area contributed by atoms with E-state index in [1.165, 1.54) is 0 Å². The van der Waals surface area contributed by atoms with Gasteiger partial charge in [0.05, 0.1) is 19.6 Å². The van der Waals surface area contributed by atoms with E-state index in [9.17, 15) is 9.59 Å². The predicted molar refractivity (Wildman–Crippen MR) is 107 cm³/mol. The summed E-state index contributed by atoms with van der Waals surface area (Å²) in [6.45, 7) is 6.00. The van der Waals surface area contributed by atoms with Gasteiger partial charge in [0, 0.05) is 36.4 Å². The van der Waals surface area contributed by atoms with E-state index in [2.05, 4.69) is 4.57 Å². The van der Waals surface area contributed by atoms with Crippen molar-refractivity contribution in [1.29, 1.82) is 0 Å². The highest BCUT2D eigenvalue weighted by atomic mass is 35.5. The number of nitrogens with zero attached hydrogens (tertiary/aromatic N) is 2. The predicted octanol–water partition coefficient (Wildman–Crippen LogP) is 4.27. The Labute approximate surface area is 165 Å². The Morgan fingerprint density at radius 3 is 2.67 bits per heavy atom. The average molecular weight is 391 g/mol. The summed E-state index contributed by atoms with van der Waals surface area (Å²) in [6.07, 6.45) is 3.16. The molecule has 2 aromatic rings. The van der Waals surface area contributed by atoms with Crippen molar-refractivity contribution in [3.05, 3.63) is 58.9 Å². The Hall–Kier alpha value is -2.27. The van der Waals surface area contributed by atoms with Gasteiger partial charge in [-0.3, -0.25) is 9.59 Å². The molecule has 2 rings (SSSR count). The monoisotopic (exact) mass is 390 g/mol. The number of benzene rings is 1. The molecular weight excluding hydrogens is 364 g/mol. The second kappa shape index (κ2) is 10.8. The van der Waals surface area contributed by atoms with Gasteiger partial charge >= 0.3 is 5.97 Å². The van der Waals surface area contributed by atoms with Gasteiger partial charge in [-0.15, -0.1) is 0 Å². The summed E-state index contributed by atoms with van der Waals surface area (Å²) in [5.74, 6) is -0.355. The molecule has 0 aliphatic rings. The van der Waals surface area contributed by atoms with Crippen molar-refractivity contribution in [2.45, 2.75) is 46.2 Å². The van der Waals surface area contributed by atoms with E-state index in [1.54, 1.807) is 6.92 Å². The van der Waals surface area contributed by atoms with Crippen LogP contribution in [-0.2, 0) is 27.4 Å². The highest BCUT2D eigenvalue weighted by molar-refractivity contribution is 6.30. The van der Waals surface area contributed by atoms with E-state index in [1.807, 2.05) is 54.4 Å². The first kappa shape index (κ1) is 21.0. The summed E-state index contributed by atoms with van der Waals surface area (Å²) in [4.78, 5) is 25.9. The van der Waals surface area contributed by atoms with E-state index in [0.29, 0.717) is 31.3 Å². The summed E-state index contributed by atoms with van der Waals surface area (Å²) >= 11 is 6.07. The molecule has 1 amide bonds. The minimum atomic E-state index is -0.327. The number of amides is 1. The second-order valence-corrected chi connectivity index (χ2v) is 6.81. The fourth-order valence-electron chi connectivity index (χ4n) is 2.94. The number of rotatable bonds is 10. The first-order valence-corrected chi connectivity index (χ1v) is 9.73. The van der Waals surface area contributed by atoms with Crippen molar-refractivity contribution < 1.29 is 14.3 Å². The van der Waals surface area contributed by atoms with Crippen LogP contribution in [0.1, 0.15) is 44.4 Å². The van der Waals surface area contributed by atoms with E-state index in [0.717, 1.165) is 17.7 Å². The smallest absolute Gasteiger partial charge is 0.306 e. The number of esters is 1. The van der Waals surface area contributed by atoms with Crippen molar-refractivity contribution in [3.63, 3.8) is 0 Å². The van der Waals surface area contributed by atoms with Crippen LogP contribution in [0.2, 0.25) is 5.02 Å². The van der Waals surface area contributed by atoms with Crippen molar-refractivity contribution in [2.75, 3.05) is 13.2 Å². The first-order chi connectivity index (χ1) is 13.0. The van der Waals surface area contributed by atoms with Gasteiger partial charge in [-0.1, -0.05) is 30.7 Å². The lowest BCUT2D eigenvalue weighted by molar-refractivity contribution is -0.145. The van der Waals surface area contributed by atoms with Crippen LogP contribution >= 0.6 is 11.6 Å². The third-order valence-electron chi connectivity index (χ3n) is 4.21. The molecule has 0 spiro atoms. The number of aromatic nitrogens is 1. The summed E-state index contributed by atoms with van der Waals surface area (Å²) in [5.41, 5.74) is 2.16. The first-order valence-electron chi connectivity index (χ1n) is 9.35. The number of hydrogen-bond acceptors (Lipinski definition) is 3. The summed E-state index contributed by atoms with van der Waals surface area (Å²) < 4.78 is 7.03. The SMILES string of the molecule is CCCN(Cc1cccn1Cc1cccc(Cl)c1)C(=O)CCC(=O)OCC. The van der Waals surface area contributed by atoms with E-state index in [-0.39, 0.29) is 24.7 Å².